The van der Waals surface area contributed by atoms with Gasteiger partial charge in [0, 0.05) is 25.3 Å². The van der Waals surface area contributed by atoms with E-state index in [4.69, 9.17) is 4.52 Å². The lowest BCUT2D eigenvalue weighted by Crippen LogP contribution is -2.35. The summed E-state index contributed by atoms with van der Waals surface area (Å²) in [5.74, 6) is 0.0553. The van der Waals surface area contributed by atoms with Crippen molar-refractivity contribution in [3.63, 3.8) is 0 Å². The molecule has 2 aromatic heterocycles. The molecule has 1 aliphatic heterocycles. The standard InChI is InChI=1S/C16H22N4O2/c1-4-19-6-5-7-20(9-8-19)16(21)13-10-11(2)17-15-14(13)12(3)18-22-15/h10H,4-9H2,1-3H3. The van der Waals surface area contributed by atoms with Gasteiger partial charge in [0.05, 0.1) is 16.6 Å². The lowest BCUT2D eigenvalue weighted by atomic mass is 10.1. The number of rotatable bonds is 2. The van der Waals surface area contributed by atoms with Gasteiger partial charge in [0.25, 0.3) is 11.6 Å². The van der Waals surface area contributed by atoms with Gasteiger partial charge in [-0.2, -0.15) is 0 Å². The zero-order valence-electron chi connectivity index (χ0n) is 13.4. The summed E-state index contributed by atoms with van der Waals surface area (Å²) in [6, 6.07) is 1.84. The number of aromatic nitrogens is 2. The van der Waals surface area contributed by atoms with E-state index in [1.807, 2.05) is 24.8 Å². The van der Waals surface area contributed by atoms with E-state index in [1.54, 1.807) is 0 Å². The molecule has 3 heterocycles. The minimum Gasteiger partial charge on any atom is -0.337 e. The van der Waals surface area contributed by atoms with Crippen LogP contribution in [0.15, 0.2) is 10.6 Å². The number of likely N-dealkylation sites (N-methyl/N-ethyl adjacent to an activating group) is 1. The van der Waals surface area contributed by atoms with Crippen LogP contribution in [0.25, 0.3) is 11.1 Å². The number of pyridine rings is 1. The molecule has 1 fully saturated rings. The van der Waals surface area contributed by atoms with Gasteiger partial charge in [0.1, 0.15) is 0 Å². The van der Waals surface area contributed by atoms with Gasteiger partial charge >= 0.3 is 0 Å². The van der Waals surface area contributed by atoms with Crippen LogP contribution >= 0.6 is 0 Å². The Bertz CT molecular complexity index is 695. The first kappa shape index (κ1) is 15.0. The maximum absolute atomic E-state index is 13.0. The Kier molecular flexibility index (Phi) is 4.11. The molecule has 0 saturated carbocycles. The summed E-state index contributed by atoms with van der Waals surface area (Å²) in [6.45, 7) is 10.5. The highest BCUT2D eigenvalue weighted by molar-refractivity contribution is 6.06. The molecule has 6 nitrogen and oxygen atoms in total. The molecule has 0 spiro atoms. The van der Waals surface area contributed by atoms with Gasteiger partial charge in [0.2, 0.25) is 0 Å². The van der Waals surface area contributed by atoms with Crippen molar-refractivity contribution in [2.45, 2.75) is 27.2 Å². The number of amides is 1. The molecule has 2 aromatic rings. The quantitative estimate of drug-likeness (QED) is 0.849. The number of fused-ring (bicyclic) bond motifs is 1. The summed E-state index contributed by atoms with van der Waals surface area (Å²) < 4.78 is 5.23. The summed E-state index contributed by atoms with van der Waals surface area (Å²) in [5, 5.41) is 4.70. The zero-order valence-corrected chi connectivity index (χ0v) is 13.4. The van der Waals surface area contributed by atoms with Crippen LogP contribution in [0.5, 0.6) is 0 Å². The van der Waals surface area contributed by atoms with E-state index >= 15 is 0 Å². The molecular formula is C16H22N4O2. The monoisotopic (exact) mass is 302 g/mol. The number of carbonyl (C=O) groups excluding carboxylic acids is 1. The summed E-state index contributed by atoms with van der Waals surface area (Å²) in [5.41, 5.74) is 2.60. The summed E-state index contributed by atoms with van der Waals surface area (Å²) in [7, 11) is 0. The first-order valence-electron chi connectivity index (χ1n) is 7.85. The zero-order chi connectivity index (χ0) is 15.7. The molecule has 0 atom stereocenters. The van der Waals surface area contributed by atoms with Crippen LogP contribution in [-0.2, 0) is 0 Å². The van der Waals surface area contributed by atoms with E-state index in [0.717, 1.165) is 55.9 Å². The molecule has 0 bridgehead atoms. The van der Waals surface area contributed by atoms with Crippen LogP contribution < -0.4 is 0 Å². The van der Waals surface area contributed by atoms with Crippen molar-refractivity contribution in [1.82, 2.24) is 19.9 Å². The van der Waals surface area contributed by atoms with Crippen LogP contribution in [0.4, 0.5) is 0 Å². The third-order valence-corrected chi connectivity index (χ3v) is 4.30. The SMILES string of the molecule is CCN1CCCN(C(=O)c2cc(C)nc3onc(C)c23)CC1. The molecular weight excluding hydrogens is 280 g/mol. The molecule has 1 saturated heterocycles. The predicted molar refractivity (Wildman–Crippen MR) is 83.9 cm³/mol. The number of hydrogen-bond donors (Lipinski definition) is 0. The van der Waals surface area contributed by atoms with Crippen LogP contribution in [0, 0.1) is 13.8 Å². The minimum absolute atomic E-state index is 0.0553. The van der Waals surface area contributed by atoms with Crippen molar-refractivity contribution in [2.75, 3.05) is 32.7 Å². The van der Waals surface area contributed by atoms with Crippen molar-refractivity contribution in [2.24, 2.45) is 0 Å². The van der Waals surface area contributed by atoms with Gasteiger partial charge in [-0.1, -0.05) is 12.1 Å². The Morgan fingerprint density at radius 1 is 1.27 bits per heavy atom. The van der Waals surface area contributed by atoms with Crippen molar-refractivity contribution in [3.05, 3.63) is 23.0 Å². The van der Waals surface area contributed by atoms with Gasteiger partial charge in [-0.05, 0) is 39.4 Å². The van der Waals surface area contributed by atoms with Crippen LogP contribution in [0.2, 0.25) is 0 Å². The van der Waals surface area contributed by atoms with Crippen LogP contribution in [-0.4, -0.2) is 58.6 Å². The Hall–Kier alpha value is -1.95. The Morgan fingerprint density at radius 2 is 2.09 bits per heavy atom. The molecule has 0 aliphatic carbocycles. The average Bonchev–Trinajstić information content (AvgIpc) is 2.75. The second kappa shape index (κ2) is 6.04. The minimum atomic E-state index is 0.0553. The van der Waals surface area contributed by atoms with E-state index in [9.17, 15) is 4.79 Å². The fraction of sp³-hybridized carbons (Fsp3) is 0.562. The molecule has 0 aromatic carbocycles. The molecule has 118 valence electrons. The fourth-order valence-corrected chi connectivity index (χ4v) is 3.05. The Morgan fingerprint density at radius 3 is 2.86 bits per heavy atom. The first-order chi connectivity index (χ1) is 10.6. The highest BCUT2D eigenvalue weighted by Gasteiger charge is 2.24. The van der Waals surface area contributed by atoms with Crippen LogP contribution in [0.1, 0.15) is 35.1 Å². The maximum atomic E-state index is 13.0. The predicted octanol–water partition coefficient (Wildman–Crippen LogP) is 2.01. The topological polar surface area (TPSA) is 62.5 Å². The van der Waals surface area contributed by atoms with E-state index in [0.29, 0.717) is 11.3 Å². The third kappa shape index (κ3) is 2.70. The highest BCUT2D eigenvalue weighted by atomic mass is 16.5. The summed E-state index contributed by atoms with van der Waals surface area (Å²) in [4.78, 5) is 21.6. The number of carbonyl (C=O) groups is 1. The molecule has 1 amide bonds. The van der Waals surface area contributed by atoms with Gasteiger partial charge in [0.15, 0.2) is 0 Å². The van der Waals surface area contributed by atoms with E-state index < -0.39 is 0 Å². The van der Waals surface area contributed by atoms with Gasteiger partial charge in [-0.15, -0.1) is 0 Å². The lowest BCUT2D eigenvalue weighted by Gasteiger charge is -2.21. The van der Waals surface area contributed by atoms with E-state index in [1.165, 1.54) is 0 Å². The largest absolute Gasteiger partial charge is 0.337 e. The van der Waals surface area contributed by atoms with Gasteiger partial charge in [-0.25, -0.2) is 4.98 Å². The molecule has 0 N–H and O–H groups in total. The smallest absolute Gasteiger partial charge is 0.258 e. The van der Waals surface area contributed by atoms with Gasteiger partial charge in [-0.3, -0.25) is 4.79 Å². The fourth-order valence-electron chi connectivity index (χ4n) is 3.05. The van der Waals surface area contributed by atoms with Gasteiger partial charge < -0.3 is 14.3 Å². The number of hydrogen-bond acceptors (Lipinski definition) is 5. The molecule has 1 aliphatic rings. The molecule has 0 radical (unpaired) electrons. The molecule has 3 rings (SSSR count). The number of aryl methyl sites for hydroxylation is 2. The van der Waals surface area contributed by atoms with Crippen molar-refractivity contribution in [1.29, 1.82) is 0 Å². The molecule has 6 heteroatoms. The summed E-state index contributed by atoms with van der Waals surface area (Å²) in [6.07, 6.45) is 1.01. The lowest BCUT2D eigenvalue weighted by molar-refractivity contribution is 0.0763. The first-order valence-corrected chi connectivity index (χ1v) is 7.85. The number of nitrogens with zero attached hydrogens (tertiary/aromatic N) is 4. The highest BCUT2D eigenvalue weighted by Crippen LogP contribution is 2.23. The van der Waals surface area contributed by atoms with E-state index in [2.05, 4.69) is 22.0 Å². The maximum Gasteiger partial charge on any atom is 0.258 e. The van der Waals surface area contributed by atoms with Crippen molar-refractivity contribution < 1.29 is 9.32 Å². The third-order valence-electron chi connectivity index (χ3n) is 4.30. The normalized spacial score (nSPS) is 17.0. The molecule has 0 unspecified atom stereocenters. The second-order valence-electron chi connectivity index (χ2n) is 5.84. The van der Waals surface area contributed by atoms with Crippen LogP contribution in [0.3, 0.4) is 0 Å². The average molecular weight is 302 g/mol. The Labute approximate surface area is 130 Å². The Balaban J connectivity index is 1.93. The van der Waals surface area contributed by atoms with E-state index in [-0.39, 0.29) is 5.91 Å². The molecule has 22 heavy (non-hydrogen) atoms. The van der Waals surface area contributed by atoms with Crippen molar-refractivity contribution in [3.8, 4) is 0 Å². The van der Waals surface area contributed by atoms with Crippen molar-refractivity contribution >= 4 is 17.0 Å². The summed E-state index contributed by atoms with van der Waals surface area (Å²) >= 11 is 0. The second-order valence-corrected chi connectivity index (χ2v) is 5.84.